The van der Waals surface area contributed by atoms with Gasteiger partial charge < -0.3 is 24.2 Å². The van der Waals surface area contributed by atoms with Crippen molar-refractivity contribution in [1.29, 1.82) is 0 Å². The van der Waals surface area contributed by atoms with Crippen LogP contribution in [0.4, 0.5) is 0 Å². The molecule has 2 unspecified atom stereocenters. The molecular weight excluding hydrogens is 350 g/mol. The van der Waals surface area contributed by atoms with Gasteiger partial charge >= 0.3 is 0 Å². The summed E-state index contributed by atoms with van der Waals surface area (Å²) in [5, 5.41) is 6.61. The number of benzene rings is 1. The second-order valence-corrected chi connectivity index (χ2v) is 6.69. The fourth-order valence-corrected chi connectivity index (χ4v) is 3.37. The molecule has 2 heterocycles. The Labute approximate surface area is 156 Å². The molecule has 1 aliphatic carbocycles. The topological polar surface area (TPSA) is 93.9 Å². The summed E-state index contributed by atoms with van der Waals surface area (Å²) in [7, 11) is 1.60. The summed E-state index contributed by atoms with van der Waals surface area (Å²) in [5.41, 5.74) is 1.47. The van der Waals surface area contributed by atoms with Crippen LogP contribution < -0.4 is 10.1 Å². The third-order valence-electron chi connectivity index (χ3n) is 4.85. The number of aromatic nitrogens is 1. The van der Waals surface area contributed by atoms with Gasteiger partial charge in [-0.25, -0.2) is 0 Å². The van der Waals surface area contributed by atoms with Crippen molar-refractivity contribution < 1.29 is 23.6 Å². The zero-order valence-corrected chi connectivity index (χ0v) is 15.0. The van der Waals surface area contributed by atoms with Gasteiger partial charge in [0.1, 0.15) is 24.3 Å². The molecule has 8 nitrogen and oxygen atoms in total. The fourth-order valence-electron chi connectivity index (χ4n) is 3.37. The van der Waals surface area contributed by atoms with Gasteiger partial charge in [-0.2, -0.15) is 0 Å². The molecule has 1 N–H and O–H groups in total. The number of rotatable bonds is 6. The number of morpholine rings is 1. The predicted octanol–water partition coefficient (Wildman–Crippen LogP) is 1.43. The van der Waals surface area contributed by atoms with Crippen molar-refractivity contribution in [2.24, 2.45) is 0 Å². The molecule has 1 aromatic heterocycles. The highest BCUT2D eigenvalue weighted by Gasteiger charge is 2.47. The lowest BCUT2D eigenvalue weighted by atomic mass is 9.96. The maximum absolute atomic E-state index is 12.8. The van der Waals surface area contributed by atoms with Crippen LogP contribution in [0.15, 0.2) is 41.1 Å². The van der Waals surface area contributed by atoms with Crippen molar-refractivity contribution in [3.05, 3.63) is 47.9 Å². The van der Waals surface area contributed by atoms with Gasteiger partial charge in [0.15, 0.2) is 6.10 Å². The van der Waals surface area contributed by atoms with E-state index < -0.39 is 12.1 Å². The van der Waals surface area contributed by atoms with Gasteiger partial charge in [0.25, 0.3) is 5.91 Å². The van der Waals surface area contributed by atoms with E-state index in [1.807, 2.05) is 29.2 Å². The smallest absolute Gasteiger partial charge is 0.252 e. The molecule has 2 amide bonds. The number of nitrogens with one attached hydrogen (secondary N) is 1. The van der Waals surface area contributed by atoms with Crippen molar-refractivity contribution in [2.75, 3.05) is 13.7 Å². The summed E-state index contributed by atoms with van der Waals surface area (Å²) in [4.78, 5) is 27.2. The maximum Gasteiger partial charge on any atom is 0.252 e. The SMILES string of the molecule is COc1ccc(C2C(C(=O)NCc3ccon3)OCC(=O)N2C2CC2)cc1. The van der Waals surface area contributed by atoms with E-state index in [0.717, 1.165) is 18.4 Å². The van der Waals surface area contributed by atoms with E-state index in [4.69, 9.17) is 14.0 Å². The first kappa shape index (κ1) is 17.5. The fraction of sp³-hybridized carbons (Fsp3) is 0.421. The first-order chi connectivity index (χ1) is 13.2. The van der Waals surface area contributed by atoms with Crippen LogP contribution >= 0.6 is 0 Å². The van der Waals surface area contributed by atoms with E-state index >= 15 is 0 Å². The molecular formula is C19H21N3O5. The van der Waals surface area contributed by atoms with E-state index in [1.165, 1.54) is 6.26 Å². The quantitative estimate of drug-likeness (QED) is 0.826. The van der Waals surface area contributed by atoms with Crippen molar-refractivity contribution >= 4 is 11.8 Å². The Balaban J connectivity index is 1.58. The number of carbonyl (C=O) groups excluding carboxylic acids is 2. The lowest BCUT2D eigenvalue weighted by Crippen LogP contribution is -2.55. The molecule has 2 atom stereocenters. The Morgan fingerprint density at radius 3 is 2.70 bits per heavy atom. The average Bonchev–Trinajstić information content (AvgIpc) is 3.40. The standard InChI is InChI=1S/C19H21N3O5/c1-25-15-6-2-12(3-7-15)17-18(19(24)20-10-13-8-9-27-21-13)26-11-16(23)22(17)14-4-5-14/h2-3,6-9,14,17-18H,4-5,10-11H2,1H3,(H,20,24). The van der Waals surface area contributed by atoms with Gasteiger partial charge in [-0.15, -0.1) is 0 Å². The molecule has 27 heavy (non-hydrogen) atoms. The molecule has 8 heteroatoms. The second-order valence-electron chi connectivity index (χ2n) is 6.69. The minimum Gasteiger partial charge on any atom is -0.497 e. The van der Waals surface area contributed by atoms with Crippen LogP contribution in [0.1, 0.15) is 30.1 Å². The van der Waals surface area contributed by atoms with Crippen LogP contribution in [-0.2, 0) is 20.9 Å². The molecule has 4 rings (SSSR count). The third kappa shape index (κ3) is 3.66. The van der Waals surface area contributed by atoms with Gasteiger partial charge in [0.2, 0.25) is 5.91 Å². The van der Waals surface area contributed by atoms with Gasteiger partial charge in [-0.05, 0) is 30.5 Å². The van der Waals surface area contributed by atoms with Gasteiger partial charge in [-0.3, -0.25) is 9.59 Å². The van der Waals surface area contributed by atoms with Crippen molar-refractivity contribution in [3.8, 4) is 5.75 Å². The molecule has 2 fully saturated rings. The zero-order valence-electron chi connectivity index (χ0n) is 15.0. The van der Waals surface area contributed by atoms with Gasteiger partial charge in [0, 0.05) is 12.1 Å². The van der Waals surface area contributed by atoms with Crippen LogP contribution in [0, 0.1) is 0 Å². The zero-order chi connectivity index (χ0) is 18.8. The predicted molar refractivity (Wildman–Crippen MR) is 93.7 cm³/mol. The highest BCUT2D eigenvalue weighted by molar-refractivity contribution is 5.86. The monoisotopic (exact) mass is 371 g/mol. The first-order valence-corrected chi connectivity index (χ1v) is 8.91. The minimum atomic E-state index is -0.788. The van der Waals surface area contributed by atoms with E-state index in [-0.39, 0.29) is 31.0 Å². The summed E-state index contributed by atoms with van der Waals surface area (Å²) in [6, 6.07) is 8.77. The van der Waals surface area contributed by atoms with Crippen molar-refractivity contribution in [2.45, 2.75) is 37.6 Å². The number of hydrogen-bond donors (Lipinski definition) is 1. The van der Waals surface area contributed by atoms with E-state index in [2.05, 4.69) is 10.5 Å². The van der Waals surface area contributed by atoms with Crippen LogP contribution in [0.25, 0.3) is 0 Å². The Morgan fingerprint density at radius 1 is 1.30 bits per heavy atom. The average molecular weight is 371 g/mol. The molecule has 1 saturated heterocycles. The Kier molecular flexibility index (Phi) is 4.81. The Morgan fingerprint density at radius 2 is 2.07 bits per heavy atom. The van der Waals surface area contributed by atoms with Gasteiger partial charge in [-0.1, -0.05) is 17.3 Å². The molecule has 0 radical (unpaired) electrons. The molecule has 2 aliphatic rings. The number of methoxy groups -OCH3 is 1. The van der Waals surface area contributed by atoms with Crippen molar-refractivity contribution in [3.63, 3.8) is 0 Å². The third-order valence-corrected chi connectivity index (χ3v) is 4.85. The number of carbonyl (C=O) groups is 2. The normalized spacial score (nSPS) is 22.6. The second kappa shape index (κ2) is 7.40. The lowest BCUT2D eigenvalue weighted by Gasteiger charge is -2.40. The molecule has 0 spiro atoms. The van der Waals surface area contributed by atoms with Crippen LogP contribution in [0.2, 0.25) is 0 Å². The summed E-state index contributed by atoms with van der Waals surface area (Å²) in [5.74, 6) is 0.350. The highest BCUT2D eigenvalue weighted by Crippen LogP contribution is 2.39. The molecule has 1 aromatic carbocycles. The number of nitrogens with zero attached hydrogens (tertiary/aromatic N) is 2. The number of ether oxygens (including phenoxy) is 2. The largest absolute Gasteiger partial charge is 0.497 e. The molecule has 1 saturated carbocycles. The lowest BCUT2D eigenvalue weighted by molar-refractivity contribution is -0.165. The Hall–Kier alpha value is -2.87. The minimum absolute atomic E-state index is 0.0844. The first-order valence-electron chi connectivity index (χ1n) is 8.91. The van der Waals surface area contributed by atoms with Crippen LogP contribution in [0.5, 0.6) is 5.75 Å². The maximum atomic E-state index is 12.8. The van der Waals surface area contributed by atoms with Crippen LogP contribution in [0.3, 0.4) is 0 Å². The summed E-state index contributed by atoms with van der Waals surface area (Å²) < 4.78 is 15.7. The molecule has 1 aliphatic heterocycles. The van der Waals surface area contributed by atoms with E-state index in [0.29, 0.717) is 11.4 Å². The molecule has 142 valence electrons. The van der Waals surface area contributed by atoms with Crippen molar-refractivity contribution in [1.82, 2.24) is 15.4 Å². The van der Waals surface area contributed by atoms with E-state index in [9.17, 15) is 9.59 Å². The van der Waals surface area contributed by atoms with Gasteiger partial charge in [0.05, 0.1) is 19.7 Å². The summed E-state index contributed by atoms with van der Waals surface area (Å²) >= 11 is 0. The van der Waals surface area contributed by atoms with Crippen LogP contribution in [-0.4, -0.2) is 47.7 Å². The highest BCUT2D eigenvalue weighted by atomic mass is 16.5. The molecule has 2 aromatic rings. The summed E-state index contributed by atoms with van der Waals surface area (Å²) in [6.45, 7) is 0.146. The van der Waals surface area contributed by atoms with E-state index in [1.54, 1.807) is 13.2 Å². The Bertz CT molecular complexity index is 801. The molecule has 0 bridgehead atoms. The number of hydrogen-bond acceptors (Lipinski definition) is 6. The summed E-state index contributed by atoms with van der Waals surface area (Å²) in [6.07, 6.45) is 2.56. The number of amides is 2.